The highest BCUT2D eigenvalue weighted by Crippen LogP contribution is 2.44. The molecule has 0 amide bonds. The molecule has 0 spiro atoms. The van der Waals surface area contributed by atoms with Gasteiger partial charge in [0.1, 0.15) is 6.10 Å². The Morgan fingerprint density at radius 2 is 1.83 bits per heavy atom. The molecule has 3 nitrogen and oxygen atoms in total. The van der Waals surface area contributed by atoms with Crippen LogP contribution in [0.15, 0.2) is 42.5 Å². The number of hydrogen-bond donors (Lipinski definition) is 1. The van der Waals surface area contributed by atoms with Gasteiger partial charge in [-0.3, -0.25) is 0 Å². The Labute approximate surface area is 105 Å². The van der Waals surface area contributed by atoms with E-state index in [4.69, 9.17) is 4.74 Å². The van der Waals surface area contributed by atoms with Gasteiger partial charge in [-0.15, -0.1) is 0 Å². The highest BCUT2D eigenvalue weighted by atomic mass is 16.5. The van der Waals surface area contributed by atoms with Crippen LogP contribution in [0.5, 0.6) is 0 Å². The molecule has 0 saturated carbocycles. The fourth-order valence-electron chi connectivity index (χ4n) is 2.52. The Morgan fingerprint density at radius 1 is 1.11 bits per heavy atom. The summed E-state index contributed by atoms with van der Waals surface area (Å²) in [5.74, 6) is -0.418. The van der Waals surface area contributed by atoms with Gasteiger partial charge in [0.05, 0.1) is 12.7 Å². The Bertz CT molecular complexity index is 631. The largest absolute Gasteiger partial charge is 0.465 e. The monoisotopic (exact) mass is 240 g/mol. The molecule has 3 heteroatoms. The second-order valence-electron chi connectivity index (χ2n) is 4.25. The van der Waals surface area contributed by atoms with Crippen LogP contribution >= 0.6 is 0 Å². The van der Waals surface area contributed by atoms with Crippen molar-refractivity contribution in [3.63, 3.8) is 0 Å². The first-order valence-electron chi connectivity index (χ1n) is 5.72. The topological polar surface area (TPSA) is 46.5 Å². The van der Waals surface area contributed by atoms with Crippen molar-refractivity contribution in [2.45, 2.75) is 6.10 Å². The van der Waals surface area contributed by atoms with E-state index in [0.29, 0.717) is 11.1 Å². The standard InChI is InChI=1S/C15H12O3/c1-18-15(17)12-8-4-7-10-9-5-2-3-6-11(9)14(16)13(10)12/h2-8,14,16H,1H3/t14-/m1/s1. The van der Waals surface area contributed by atoms with Crippen LogP contribution in [-0.4, -0.2) is 18.2 Å². The van der Waals surface area contributed by atoms with Crippen molar-refractivity contribution in [1.82, 2.24) is 0 Å². The molecule has 0 fully saturated rings. The number of hydrogen-bond acceptors (Lipinski definition) is 3. The molecule has 1 atom stereocenters. The van der Waals surface area contributed by atoms with Crippen LogP contribution < -0.4 is 0 Å². The molecule has 2 aromatic carbocycles. The second kappa shape index (κ2) is 3.96. The van der Waals surface area contributed by atoms with Crippen LogP contribution in [0.1, 0.15) is 27.6 Å². The Kier molecular flexibility index (Phi) is 2.42. The van der Waals surface area contributed by atoms with E-state index in [1.54, 1.807) is 12.1 Å². The van der Waals surface area contributed by atoms with E-state index in [-0.39, 0.29) is 0 Å². The Hall–Kier alpha value is -2.13. The van der Waals surface area contributed by atoms with Gasteiger partial charge in [0.2, 0.25) is 0 Å². The molecule has 18 heavy (non-hydrogen) atoms. The maximum Gasteiger partial charge on any atom is 0.338 e. The summed E-state index contributed by atoms with van der Waals surface area (Å²) in [5.41, 5.74) is 3.79. The number of aliphatic hydroxyl groups is 1. The van der Waals surface area contributed by atoms with Gasteiger partial charge >= 0.3 is 5.97 Å². The predicted molar refractivity (Wildman–Crippen MR) is 67.3 cm³/mol. The average Bonchev–Trinajstić information content (AvgIpc) is 2.72. The zero-order valence-corrected chi connectivity index (χ0v) is 9.88. The lowest BCUT2D eigenvalue weighted by Crippen LogP contribution is -2.07. The molecule has 0 heterocycles. The summed E-state index contributed by atoms with van der Waals surface area (Å²) in [5, 5.41) is 10.4. The van der Waals surface area contributed by atoms with Gasteiger partial charge in [-0.05, 0) is 22.8 Å². The van der Waals surface area contributed by atoms with E-state index in [1.807, 2.05) is 30.3 Å². The van der Waals surface area contributed by atoms with Crippen LogP contribution in [0.3, 0.4) is 0 Å². The number of fused-ring (bicyclic) bond motifs is 3. The van der Waals surface area contributed by atoms with Gasteiger partial charge in [-0.1, -0.05) is 36.4 Å². The van der Waals surface area contributed by atoms with Crippen molar-refractivity contribution >= 4 is 5.97 Å². The number of aliphatic hydroxyl groups excluding tert-OH is 1. The van der Waals surface area contributed by atoms with E-state index in [0.717, 1.165) is 16.7 Å². The SMILES string of the molecule is COC(=O)c1cccc2c1[C@H](O)c1ccccc1-2. The fraction of sp³-hybridized carbons (Fsp3) is 0.133. The van der Waals surface area contributed by atoms with Crippen LogP contribution in [0, 0.1) is 0 Å². The van der Waals surface area contributed by atoms with Crippen LogP contribution in [0.25, 0.3) is 11.1 Å². The molecule has 1 aliphatic carbocycles. The molecule has 1 aliphatic rings. The first-order valence-corrected chi connectivity index (χ1v) is 5.72. The zero-order valence-electron chi connectivity index (χ0n) is 9.88. The molecule has 0 radical (unpaired) electrons. The number of carbonyl (C=O) groups is 1. The number of rotatable bonds is 1. The summed E-state index contributed by atoms with van der Waals surface area (Å²) < 4.78 is 4.76. The summed E-state index contributed by atoms with van der Waals surface area (Å²) in [6.45, 7) is 0. The maximum absolute atomic E-state index is 11.7. The number of ether oxygens (including phenoxy) is 1. The molecule has 0 saturated heterocycles. The van der Waals surface area contributed by atoms with Crippen molar-refractivity contribution in [3.8, 4) is 11.1 Å². The van der Waals surface area contributed by atoms with Gasteiger partial charge in [0.15, 0.2) is 0 Å². The fourth-order valence-corrected chi connectivity index (χ4v) is 2.52. The minimum atomic E-state index is -0.758. The molecule has 0 unspecified atom stereocenters. The smallest absolute Gasteiger partial charge is 0.338 e. The summed E-state index contributed by atoms with van der Waals surface area (Å²) in [4.78, 5) is 11.7. The predicted octanol–water partition coefficient (Wildman–Crippen LogP) is 2.54. The molecule has 90 valence electrons. The Morgan fingerprint density at radius 3 is 2.61 bits per heavy atom. The van der Waals surface area contributed by atoms with E-state index in [1.165, 1.54) is 7.11 Å². The number of methoxy groups -OCH3 is 1. The summed E-state index contributed by atoms with van der Waals surface area (Å²) in [6, 6.07) is 13.0. The molecular weight excluding hydrogens is 228 g/mol. The first kappa shape index (κ1) is 11.0. The van der Waals surface area contributed by atoms with Crippen molar-refractivity contribution in [3.05, 3.63) is 59.2 Å². The van der Waals surface area contributed by atoms with Crippen molar-refractivity contribution < 1.29 is 14.6 Å². The van der Waals surface area contributed by atoms with E-state index < -0.39 is 12.1 Å². The molecule has 1 N–H and O–H groups in total. The van der Waals surface area contributed by atoms with Gasteiger partial charge < -0.3 is 9.84 Å². The summed E-state index contributed by atoms with van der Waals surface area (Å²) in [6.07, 6.45) is -0.758. The van der Waals surface area contributed by atoms with E-state index >= 15 is 0 Å². The second-order valence-corrected chi connectivity index (χ2v) is 4.25. The minimum absolute atomic E-state index is 0.418. The highest BCUT2D eigenvalue weighted by molar-refractivity contribution is 5.96. The van der Waals surface area contributed by atoms with Crippen molar-refractivity contribution in [2.24, 2.45) is 0 Å². The third-order valence-electron chi connectivity index (χ3n) is 3.33. The normalized spacial score (nSPS) is 16.0. The molecule has 0 aliphatic heterocycles. The van der Waals surface area contributed by atoms with Gasteiger partial charge in [-0.2, -0.15) is 0 Å². The highest BCUT2D eigenvalue weighted by Gasteiger charge is 2.30. The quantitative estimate of drug-likeness (QED) is 0.779. The number of carbonyl (C=O) groups excluding carboxylic acids is 1. The van der Waals surface area contributed by atoms with E-state index in [9.17, 15) is 9.90 Å². The van der Waals surface area contributed by atoms with Gasteiger partial charge in [0.25, 0.3) is 0 Å². The minimum Gasteiger partial charge on any atom is -0.465 e. The number of esters is 1. The Balaban J connectivity index is 2.27. The summed E-state index contributed by atoms with van der Waals surface area (Å²) in [7, 11) is 1.34. The lowest BCUT2D eigenvalue weighted by molar-refractivity contribution is 0.0596. The van der Waals surface area contributed by atoms with Crippen LogP contribution in [0.4, 0.5) is 0 Å². The van der Waals surface area contributed by atoms with Crippen LogP contribution in [0.2, 0.25) is 0 Å². The lowest BCUT2D eigenvalue weighted by Gasteiger charge is -2.10. The van der Waals surface area contributed by atoms with Crippen LogP contribution in [-0.2, 0) is 4.74 Å². The third-order valence-corrected chi connectivity index (χ3v) is 3.33. The van der Waals surface area contributed by atoms with Crippen molar-refractivity contribution in [1.29, 1.82) is 0 Å². The van der Waals surface area contributed by atoms with E-state index in [2.05, 4.69) is 0 Å². The first-order chi connectivity index (χ1) is 8.74. The van der Waals surface area contributed by atoms with Crippen molar-refractivity contribution in [2.75, 3.05) is 7.11 Å². The molecule has 0 bridgehead atoms. The van der Waals surface area contributed by atoms with Gasteiger partial charge in [-0.25, -0.2) is 4.79 Å². The average molecular weight is 240 g/mol. The van der Waals surface area contributed by atoms with Gasteiger partial charge in [0, 0.05) is 5.56 Å². The number of benzene rings is 2. The molecule has 0 aromatic heterocycles. The molecular formula is C15H12O3. The third kappa shape index (κ3) is 1.38. The maximum atomic E-state index is 11.7. The molecule has 2 aromatic rings. The zero-order chi connectivity index (χ0) is 12.7. The lowest BCUT2D eigenvalue weighted by atomic mass is 10.0. The summed E-state index contributed by atoms with van der Waals surface area (Å²) >= 11 is 0. The molecule has 3 rings (SSSR count).